The third kappa shape index (κ3) is 3.06. The Morgan fingerprint density at radius 1 is 1.53 bits per heavy atom. The van der Waals surface area contributed by atoms with Crippen molar-refractivity contribution in [3.05, 3.63) is 12.2 Å². The normalized spacial score (nSPS) is 27.0. The molecule has 4 nitrogen and oxygen atoms in total. The maximum absolute atomic E-state index is 6.34. The van der Waals surface area contributed by atoms with E-state index in [9.17, 15) is 0 Å². The Hall–Kier alpha value is -0.900. The molecular formula is C13H24N4. The number of aromatic nitrogens is 3. The molecule has 0 amide bonds. The molecule has 0 radical (unpaired) electrons. The topological polar surface area (TPSA) is 56.7 Å². The van der Waals surface area contributed by atoms with Gasteiger partial charge in [0.05, 0.1) is 0 Å². The van der Waals surface area contributed by atoms with Gasteiger partial charge in [0, 0.05) is 19.5 Å². The minimum absolute atomic E-state index is 0.243. The summed E-state index contributed by atoms with van der Waals surface area (Å²) in [5, 5.41) is 4.10. The number of rotatable bonds is 4. The predicted molar refractivity (Wildman–Crippen MR) is 68.4 cm³/mol. The van der Waals surface area contributed by atoms with Crippen molar-refractivity contribution in [1.82, 2.24) is 14.8 Å². The van der Waals surface area contributed by atoms with Crippen LogP contribution in [0, 0.1) is 11.8 Å². The summed E-state index contributed by atoms with van der Waals surface area (Å²) in [5.41, 5.74) is 6.34. The molecule has 1 aliphatic rings. The van der Waals surface area contributed by atoms with E-state index in [2.05, 4.69) is 17.0 Å². The Morgan fingerprint density at radius 2 is 2.35 bits per heavy atom. The fourth-order valence-electron chi connectivity index (χ4n) is 2.97. The van der Waals surface area contributed by atoms with Crippen molar-refractivity contribution >= 4 is 0 Å². The molecule has 0 aromatic carbocycles. The first-order chi connectivity index (χ1) is 8.20. The van der Waals surface area contributed by atoms with Crippen molar-refractivity contribution in [1.29, 1.82) is 0 Å². The van der Waals surface area contributed by atoms with Crippen LogP contribution in [0.4, 0.5) is 0 Å². The van der Waals surface area contributed by atoms with Crippen LogP contribution >= 0.6 is 0 Å². The standard InChI is InChI=1S/C13H24N4/c1-3-10-5-4-6-11(7-10)12(14)8-13-15-9-16-17(13)2/h9-12H,3-8,14H2,1-2H3. The summed E-state index contributed by atoms with van der Waals surface area (Å²) in [6.45, 7) is 2.29. The molecular weight excluding hydrogens is 212 g/mol. The molecule has 2 rings (SSSR count). The van der Waals surface area contributed by atoms with Crippen LogP contribution in [0.15, 0.2) is 6.33 Å². The zero-order chi connectivity index (χ0) is 12.3. The zero-order valence-electron chi connectivity index (χ0n) is 11.0. The van der Waals surface area contributed by atoms with Crippen molar-refractivity contribution in [2.75, 3.05) is 0 Å². The van der Waals surface area contributed by atoms with Gasteiger partial charge in [-0.25, -0.2) is 4.98 Å². The minimum atomic E-state index is 0.243. The molecule has 0 bridgehead atoms. The van der Waals surface area contributed by atoms with E-state index in [1.54, 1.807) is 6.33 Å². The lowest BCUT2D eigenvalue weighted by molar-refractivity contribution is 0.226. The molecule has 2 N–H and O–H groups in total. The molecule has 1 aromatic heterocycles. The Balaban J connectivity index is 1.91. The van der Waals surface area contributed by atoms with Crippen LogP contribution < -0.4 is 5.73 Å². The summed E-state index contributed by atoms with van der Waals surface area (Å²) in [4.78, 5) is 4.26. The maximum Gasteiger partial charge on any atom is 0.138 e. The Bertz CT molecular complexity index is 347. The van der Waals surface area contributed by atoms with Gasteiger partial charge in [0.1, 0.15) is 12.2 Å². The fourth-order valence-corrected chi connectivity index (χ4v) is 2.97. The quantitative estimate of drug-likeness (QED) is 0.868. The Morgan fingerprint density at radius 3 is 3.00 bits per heavy atom. The molecule has 1 fully saturated rings. The van der Waals surface area contributed by atoms with Gasteiger partial charge < -0.3 is 5.73 Å². The van der Waals surface area contributed by atoms with Crippen LogP contribution in [0.2, 0.25) is 0 Å². The second-order valence-corrected chi connectivity index (χ2v) is 5.37. The number of hydrogen-bond acceptors (Lipinski definition) is 3. The molecule has 1 heterocycles. The average molecular weight is 236 g/mol. The number of nitrogens with zero attached hydrogens (tertiary/aromatic N) is 3. The molecule has 0 aliphatic heterocycles. The fraction of sp³-hybridized carbons (Fsp3) is 0.846. The molecule has 1 aliphatic carbocycles. The van der Waals surface area contributed by atoms with E-state index >= 15 is 0 Å². The van der Waals surface area contributed by atoms with Crippen LogP contribution in [0.3, 0.4) is 0 Å². The minimum Gasteiger partial charge on any atom is -0.327 e. The lowest BCUT2D eigenvalue weighted by Crippen LogP contribution is -2.36. The second-order valence-electron chi connectivity index (χ2n) is 5.37. The van der Waals surface area contributed by atoms with E-state index in [4.69, 9.17) is 5.73 Å². The monoisotopic (exact) mass is 236 g/mol. The number of aryl methyl sites for hydroxylation is 1. The largest absolute Gasteiger partial charge is 0.327 e. The van der Waals surface area contributed by atoms with Crippen molar-refractivity contribution in [3.8, 4) is 0 Å². The lowest BCUT2D eigenvalue weighted by atomic mass is 9.76. The van der Waals surface area contributed by atoms with Crippen LogP contribution in [0.5, 0.6) is 0 Å². The third-order valence-corrected chi connectivity index (χ3v) is 4.23. The summed E-state index contributed by atoms with van der Waals surface area (Å²) in [5.74, 6) is 2.57. The molecule has 96 valence electrons. The summed E-state index contributed by atoms with van der Waals surface area (Å²) < 4.78 is 1.83. The first kappa shape index (κ1) is 12.6. The Kier molecular flexibility index (Phi) is 4.15. The van der Waals surface area contributed by atoms with Crippen LogP contribution in [0.1, 0.15) is 44.9 Å². The van der Waals surface area contributed by atoms with Crippen LogP contribution in [-0.2, 0) is 13.5 Å². The SMILES string of the molecule is CCC1CCCC(C(N)Cc2ncnn2C)C1. The number of nitrogens with two attached hydrogens (primary N) is 1. The summed E-state index contributed by atoms with van der Waals surface area (Å²) >= 11 is 0. The summed E-state index contributed by atoms with van der Waals surface area (Å²) in [7, 11) is 1.94. The highest BCUT2D eigenvalue weighted by atomic mass is 15.3. The van der Waals surface area contributed by atoms with Gasteiger partial charge in [-0.2, -0.15) is 5.10 Å². The van der Waals surface area contributed by atoms with E-state index in [0.29, 0.717) is 5.92 Å². The maximum atomic E-state index is 6.34. The lowest BCUT2D eigenvalue weighted by Gasteiger charge is -2.32. The van der Waals surface area contributed by atoms with Gasteiger partial charge >= 0.3 is 0 Å². The highest BCUT2D eigenvalue weighted by molar-refractivity contribution is 4.91. The van der Waals surface area contributed by atoms with Gasteiger partial charge in [0.2, 0.25) is 0 Å². The molecule has 1 saturated carbocycles. The molecule has 4 heteroatoms. The summed E-state index contributed by atoms with van der Waals surface area (Å²) in [6.07, 6.45) is 9.09. The van der Waals surface area contributed by atoms with Crippen molar-refractivity contribution < 1.29 is 0 Å². The van der Waals surface area contributed by atoms with E-state index in [1.165, 1.54) is 32.1 Å². The van der Waals surface area contributed by atoms with E-state index in [-0.39, 0.29) is 6.04 Å². The first-order valence-electron chi connectivity index (χ1n) is 6.79. The average Bonchev–Trinajstić information content (AvgIpc) is 2.75. The van der Waals surface area contributed by atoms with Crippen molar-refractivity contribution in [2.24, 2.45) is 24.6 Å². The van der Waals surface area contributed by atoms with Gasteiger partial charge in [0.15, 0.2) is 0 Å². The van der Waals surface area contributed by atoms with Gasteiger partial charge in [-0.05, 0) is 24.7 Å². The zero-order valence-corrected chi connectivity index (χ0v) is 11.0. The molecule has 3 atom stereocenters. The van der Waals surface area contributed by atoms with Gasteiger partial charge in [-0.3, -0.25) is 4.68 Å². The molecule has 0 saturated heterocycles. The number of hydrogen-bond donors (Lipinski definition) is 1. The highest BCUT2D eigenvalue weighted by Crippen LogP contribution is 2.32. The highest BCUT2D eigenvalue weighted by Gasteiger charge is 2.26. The first-order valence-corrected chi connectivity index (χ1v) is 6.79. The van der Waals surface area contributed by atoms with E-state index < -0.39 is 0 Å². The molecule has 1 aromatic rings. The molecule has 17 heavy (non-hydrogen) atoms. The van der Waals surface area contributed by atoms with Crippen LogP contribution in [-0.4, -0.2) is 20.8 Å². The summed E-state index contributed by atoms with van der Waals surface area (Å²) in [6, 6.07) is 0.243. The van der Waals surface area contributed by atoms with Crippen molar-refractivity contribution in [3.63, 3.8) is 0 Å². The van der Waals surface area contributed by atoms with Gasteiger partial charge in [-0.1, -0.05) is 26.2 Å². The van der Waals surface area contributed by atoms with Gasteiger partial charge in [0.25, 0.3) is 0 Å². The van der Waals surface area contributed by atoms with E-state index in [1.807, 2.05) is 11.7 Å². The molecule has 0 spiro atoms. The predicted octanol–water partition coefficient (Wildman–Crippen LogP) is 1.90. The third-order valence-electron chi connectivity index (χ3n) is 4.23. The van der Waals surface area contributed by atoms with Crippen LogP contribution in [0.25, 0.3) is 0 Å². The molecule has 3 unspecified atom stereocenters. The van der Waals surface area contributed by atoms with Gasteiger partial charge in [-0.15, -0.1) is 0 Å². The Labute approximate surface area is 104 Å². The van der Waals surface area contributed by atoms with E-state index in [0.717, 1.165) is 18.2 Å². The smallest absolute Gasteiger partial charge is 0.138 e. The second kappa shape index (κ2) is 5.63. The van der Waals surface area contributed by atoms with Crippen molar-refractivity contribution in [2.45, 2.75) is 51.5 Å².